The summed E-state index contributed by atoms with van der Waals surface area (Å²) in [6.07, 6.45) is 5.36. The van der Waals surface area contributed by atoms with Crippen molar-refractivity contribution in [2.75, 3.05) is 7.11 Å². The molecular weight excluding hydrogens is 406 g/mol. The van der Waals surface area contributed by atoms with Crippen molar-refractivity contribution in [1.29, 1.82) is 5.26 Å². The molecule has 4 aromatic heterocycles. The molecule has 1 N–H and O–H groups in total. The lowest BCUT2D eigenvalue weighted by atomic mass is 10.0. The van der Waals surface area contributed by atoms with Gasteiger partial charge < -0.3 is 18.8 Å². The molecule has 0 spiro atoms. The van der Waals surface area contributed by atoms with Crippen molar-refractivity contribution >= 4 is 21.9 Å². The second kappa shape index (κ2) is 7.67. The standard InChI is InChI=1S/C23H19N7O2/c1-13-21(14(2)32-29-13)17-8-18-16(9-20(17)31-3)22-19(10-26-18)28-23(27-12-24)30(22)11-15-6-4-5-7-25-15/h4-10H,11H2,1-3H3,(H,27,28). The number of imidazole rings is 1. The predicted octanol–water partition coefficient (Wildman–Crippen LogP) is 3.62. The Balaban J connectivity index is 1.83. The molecule has 0 unspecified atom stereocenters. The van der Waals surface area contributed by atoms with Gasteiger partial charge in [-0.3, -0.25) is 9.97 Å². The molecule has 0 aliphatic heterocycles. The minimum absolute atomic E-state index is 0.427. The van der Waals surface area contributed by atoms with Gasteiger partial charge in [0.25, 0.3) is 0 Å². The average molecular weight is 425 g/mol. The Kier molecular flexibility index (Phi) is 4.67. The maximum Gasteiger partial charge on any atom is 0.219 e. The van der Waals surface area contributed by atoms with E-state index in [0.29, 0.717) is 23.7 Å². The number of pyridine rings is 2. The van der Waals surface area contributed by atoms with E-state index in [1.165, 1.54) is 0 Å². The lowest BCUT2D eigenvalue weighted by Gasteiger charge is -2.12. The summed E-state index contributed by atoms with van der Waals surface area (Å²) in [7, 11) is 1.63. The van der Waals surface area contributed by atoms with E-state index in [1.54, 1.807) is 19.5 Å². The van der Waals surface area contributed by atoms with Gasteiger partial charge in [0.05, 0.1) is 53.4 Å². The average Bonchev–Trinajstić information content (AvgIpc) is 3.33. The Labute approximate surface area is 182 Å². The van der Waals surface area contributed by atoms with Crippen LogP contribution in [0.15, 0.2) is 52.2 Å². The maximum absolute atomic E-state index is 9.21. The molecule has 0 saturated heterocycles. The SMILES string of the molecule is COc1cc2c(cc1-c1c(C)noc1C)ncc1[nH]/c(=N\C#N)n(Cc3ccccn3)c12. The second-order valence-electron chi connectivity index (χ2n) is 7.36. The fourth-order valence-corrected chi connectivity index (χ4v) is 4.06. The topological polar surface area (TPSA) is 118 Å². The van der Waals surface area contributed by atoms with Crippen molar-refractivity contribution in [2.45, 2.75) is 20.4 Å². The van der Waals surface area contributed by atoms with E-state index in [1.807, 2.05) is 54.9 Å². The molecule has 1 aromatic carbocycles. The number of fused-ring (bicyclic) bond motifs is 3. The summed E-state index contributed by atoms with van der Waals surface area (Å²) in [6, 6.07) is 9.65. The highest BCUT2D eigenvalue weighted by molar-refractivity contribution is 6.04. The number of hydrogen-bond donors (Lipinski definition) is 1. The van der Waals surface area contributed by atoms with E-state index in [4.69, 9.17) is 9.26 Å². The summed E-state index contributed by atoms with van der Waals surface area (Å²) in [6.45, 7) is 4.21. The van der Waals surface area contributed by atoms with E-state index in [0.717, 1.165) is 44.5 Å². The van der Waals surface area contributed by atoms with Crippen LogP contribution in [0.3, 0.4) is 0 Å². The molecule has 9 nitrogen and oxygen atoms in total. The van der Waals surface area contributed by atoms with E-state index in [9.17, 15) is 5.26 Å². The zero-order valence-corrected chi connectivity index (χ0v) is 17.7. The van der Waals surface area contributed by atoms with Gasteiger partial charge in [-0.05, 0) is 38.1 Å². The molecule has 0 amide bonds. The third kappa shape index (κ3) is 3.09. The Morgan fingerprint density at radius 3 is 2.81 bits per heavy atom. The van der Waals surface area contributed by atoms with Crippen molar-refractivity contribution in [3.63, 3.8) is 0 Å². The Morgan fingerprint density at radius 1 is 1.25 bits per heavy atom. The fraction of sp³-hybridized carbons (Fsp3) is 0.174. The molecule has 5 rings (SSSR count). The highest BCUT2D eigenvalue weighted by Crippen LogP contribution is 2.38. The maximum atomic E-state index is 9.21. The number of H-pyrrole nitrogens is 1. The Bertz CT molecular complexity index is 1550. The van der Waals surface area contributed by atoms with Gasteiger partial charge in [0.2, 0.25) is 11.8 Å². The molecule has 0 fully saturated rings. The minimum atomic E-state index is 0.427. The van der Waals surface area contributed by atoms with Crippen LogP contribution >= 0.6 is 0 Å². The van der Waals surface area contributed by atoms with E-state index < -0.39 is 0 Å². The first-order chi connectivity index (χ1) is 15.6. The zero-order valence-electron chi connectivity index (χ0n) is 17.7. The van der Waals surface area contributed by atoms with Crippen LogP contribution in [0.4, 0.5) is 0 Å². The number of aromatic amines is 1. The quantitative estimate of drug-likeness (QED) is 0.439. The number of rotatable bonds is 4. The summed E-state index contributed by atoms with van der Waals surface area (Å²) < 4.78 is 13.0. The number of aromatic nitrogens is 5. The van der Waals surface area contributed by atoms with Crippen LogP contribution in [-0.2, 0) is 6.54 Å². The van der Waals surface area contributed by atoms with Gasteiger partial charge in [0.1, 0.15) is 11.5 Å². The van der Waals surface area contributed by atoms with Crippen LogP contribution in [0.2, 0.25) is 0 Å². The predicted molar refractivity (Wildman–Crippen MR) is 118 cm³/mol. The summed E-state index contributed by atoms with van der Waals surface area (Å²) in [5, 5.41) is 14.1. The van der Waals surface area contributed by atoms with Crippen molar-refractivity contribution < 1.29 is 9.26 Å². The van der Waals surface area contributed by atoms with Crippen LogP contribution < -0.4 is 10.4 Å². The molecular formula is C23H19N7O2. The number of nitrogens with zero attached hydrogens (tertiary/aromatic N) is 6. The van der Waals surface area contributed by atoms with Gasteiger partial charge in [-0.1, -0.05) is 11.2 Å². The molecule has 4 heterocycles. The third-order valence-electron chi connectivity index (χ3n) is 5.44. The smallest absolute Gasteiger partial charge is 0.219 e. The van der Waals surface area contributed by atoms with Crippen molar-refractivity contribution in [3.05, 3.63) is 65.5 Å². The monoisotopic (exact) mass is 425 g/mol. The highest BCUT2D eigenvalue weighted by Gasteiger charge is 2.19. The highest BCUT2D eigenvalue weighted by atomic mass is 16.5. The molecule has 32 heavy (non-hydrogen) atoms. The summed E-state index contributed by atoms with van der Waals surface area (Å²) in [5.41, 5.74) is 6.19. The van der Waals surface area contributed by atoms with Gasteiger partial charge in [-0.15, -0.1) is 4.99 Å². The number of benzene rings is 1. The van der Waals surface area contributed by atoms with E-state index in [2.05, 4.69) is 25.1 Å². The van der Waals surface area contributed by atoms with Crippen LogP contribution in [0.5, 0.6) is 5.75 Å². The number of hydrogen-bond acceptors (Lipinski definition) is 7. The normalized spacial score (nSPS) is 11.9. The molecule has 158 valence electrons. The second-order valence-corrected chi connectivity index (χ2v) is 7.36. The number of ether oxygens (including phenoxy) is 1. The first-order valence-electron chi connectivity index (χ1n) is 9.96. The number of nitriles is 1. The Hall–Kier alpha value is -4.45. The van der Waals surface area contributed by atoms with Crippen LogP contribution in [0.1, 0.15) is 17.1 Å². The summed E-state index contributed by atoms with van der Waals surface area (Å²) in [4.78, 5) is 16.2. The summed E-state index contributed by atoms with van der Waals surface area (Å²) >= 11 is 0. The van der Waals surface area contributed by atoms with Gasteiger partial charge in [-0.2, -0.15) is 5.26 Å². The molecule has 0 saturated carbocycles. The molecule has 0 atom stereocenters. The van der Waals surface area contributed by atoms with Crippen molar-refractivity contribution in [2.24, 2.45) is 4.99 Å². The van der Waals surface area contributed by atoms with E-state index >= 15 is 0 Å². The molecule has 9 heteroatoms. The van der Waals surface area contributed by atoms with Crippen LogP contribution in [0.25, 0.3) is 33.1 Å². The fourth-order valence-electron chi connectivity index (χ4n) is 4.06. The van der Waals surface area contributed by atoms with Crippen molar-refractivity contribution in [3.8, 4) is 23.1 Å². The number of aryl methyl sites for hydroxylation is 2. The third-order valence-corrected chi connectivity index (χ3v) is 5.44. The number of methoxy groups -OCH3 is 1. The first-order valence-corrected chi connectivity index (χ1v) is 9.96. The largest absolute Gasteiger partial charge is 0.496 e. The van der Waals surface area contributed by atoms with Crippen LogP contribution in [-0.4, -0.2) is 31.8 Å². The summed E-state index contributed by atoms with van der Waals surface area (Å²) in [5.74, 6) is 1.38. The van der Waals surface area contributed by atoms with Gasteiger partial charge >= 0.3 is 0 Å². The van der Waals surface area contributed by atoms with Gasteiger partial charge in [-0.25, -0.2) is 0 Å². The lowest BCUT2D eigenvalue weighted by Crippen LogP contribution is -2.19. The first kappa shape index (κ1) is 19.5. The Morgan fingerprint density at radius 2 is 2.12 bits per heavy atom. The zero-order chi connectivity index (χ0) is 22.2. The minimum Gasteiger partial charge on any atom is -0.496 e. The molecule has 5 aromatic rings. The molecule has 0 bridgehead atoms. The molecule has 0 aliphatic rings. The van der Waals surface area contributed by atoms with Gasteiger partial charge in [0.15, 0.2) is 0 Å². The lowest BCUT2D eigenvalue weighted by molar-refractivity contribution is 0.393. The van der Waals surface area contributed by atoms with Crippen LogP contribution in [0, 0.1) is 25.3 Å². The molecule has 0 aliphatic carbocycles. The number of nitrogens with one attached hydrogen (secondary N) is 1. The van der Waals surface area contributed by atoms with E-state index in [-0.39, 0.29) is 0 Å². The molecule has 0 radical (unpaired) electrons. The van der Waals surface area contributed by atoms with Gasteiger partial charge in [0, 0.05) is 17.1 Å². The van der Waals surface area contributed by atoms with Crippen molar-refractivity contribution in [1.82, 2.24) is 24.7 Å².